The molecule has 1 saturated heterocycles. The number of carbonyl (C=O) groups is 3. The van der Waals surface area contributed by atoms with Crippen LogP contribution in [0.25, 0.3) is 0 Å². The Kier molecular flexibility index (Phi) is 4.16. The highest BCUT2D eigenvalue weighted by molar-refractivity contribution is 9.10. The normalized spacial score (nSPS) is 18.9. The number of aromatic nitrogens is 1. The second kappa shape index (κ2) is 5.66. The molecule has 8 heteroatoms. The number of halogens is 2. The van der Waals surface area contributed by atoms with Crippen LogP contribution in [-0.2, 0) is 9.59 Å². The summed E-state index contributed by atoms with van der Waals surface area (Å²) in [5, 5.41) is 4.74. The van der Waals surface area contributed by atoms with E-state index in [4.69, 9.17) is 11.6 Å². The summed E-state index contributed by atoms with van der Waals surface area (Å²) in [6.45, 7) is 0. The summed E-state index contributed by atoms with van der Waals surface area (Å²) >= 11 is 9.01. The second-order valence-corrected chi connectivity index (χ2v) is 5.24. The predicted octanol–water partition coefficient (Wildman–Crippen LogP) is 1.03. The first kappa shape index (κ1) is 14.0. The first-order chi connectivity index (χ1) is 8.97. The van der Waals surface area contributed by atoms with Crippen molar-refractivity contribution < 1.29 is 14.4 Å². The zero-order valence-corrected chi connectivity index (χ0v) is 11.9. The number of hydrogen-bond acceptors (Lipinski definition) is 4. The third-order valence-electron chi connectivity index (χ3n) is 2.59. The Labute approximate surface area is 122 Å². The van der Waals surface area contributed by atoms with Crippen LogP contribution in [0.2, 0.25) is 5.15 Å². The lowest BCUT2D eigenvalue weighted by molar-refractivity contribution is -0.134. The number of carbonyl (C=O) groups excluding carboxylic acids is 3. The summed E-state index contributed by atoms with van der Waals surface area (Å²) in [7, 11) is 0. The number of rotatable bonds is 2. The van der Waals surface area contributed by atoms with Crippen molar-refractivity contribution >= 4 is 45.3 Å². The minimum atomic E-state index is -0.736. The highest BCUT2D eigenvalue weighted by Crippen LogP contribution is 2.18. The summed E-state index contributed by atoms with van der Waals surface area (Å²) in [4.78, 5) is 38.3. The van der Waals surface area contributed by atoms with Crippen molar-refractivity contribution in [1.29, 1.82) is 0 Å². The smallest absolute Gasteiger partial charge is 0.255 e. The van der Waals surface area contributed by atoms with Crippen LogP contribution >= 0.6 is 27.5 Å². The molecule has 3 amide bonds. The highest BCUT2D eigenvalue weighted by atomic mass is 79.9. The van der Waals surface area contributed by atoms with Crippen LogP contribution in [0.5, 0.6) is 0 Å². The lowest BCUT2D eigenvalue weighted by atomic mass is 10.1. The molecule has 0 saturated carbocycles. The molecule has 1 aromatic heterocycles. The lowest BCUT2D eigenvalue weighted by Gasteiger charge is -2.21. The number of amides is 3. The average Bonchev–Trinajstić information content (AvgIpc) is 2.35. The molecule has 1 aliphatic heterocycles. The first-order valence-corrected chi connectivity index (χ1v) is 6.60. The molecule has 1 aromatic rings. The van der Waals surface area contributed by atoms with Gasteiger partial charge in [0.15, 0.2) is 0 Å². The van der Waals surface area contributed by atoms with E-state index in [1.54, 1.807) is 0 Å². The van der Waals surface area contributed by atoms with Gasteiger partial charge in [0.2, 0.25) is 11.8 Å². The van der Waals surface area contributed by atoms with Crippen molar-refractivity contribution in [3.8, 4) is 0 Å². The van der Waals surface area contributed by atoms with Crippen LogP contribution in [0.1, 0.15) is 23.2 Å². The number of pyridine rings is 1. The van der Waals surface area contributed by atoms with Gasteiger partial charge in [-0.3, -0.25) is 19.7 Å². The van der Waals surface area contributed by atoms with E-state index >= 15 is 0 Å². The van der Waals surface area contributed by atoms with Crippen molar-refractivity contribution in [2.75, 3.05) is 0 Å². The maximum Gasteiger partial charge on any atom is 0.255 e. The van der Waals surface area contributed by atoms with Crippen LogP contribution in [-0.4, -0.2) is 28.7 Å². The molecule has 2 heterocycles. The van der Waals surface area contributed by atoms with Gasteiger partial charge in [-0.2, -0.15) is 0 Å². The molecular formula is C11H9BrClN3O3. The Bertz CT molecular complexity index is 564. The van der Waals surface area contributed by atoms with Gasteiger partial charge in [-0.25, -0.2) is 4.98 Å². The van der Waals surface area contributed by atoms with Gasteiger partial charge in [0.1, 0.15) is 11.2 Å². The van der Waals surface area contributed by atoms with E-state index in [9.17, 15) is 14.4 Å². The minimum absolute atomic E-state index is 0.0491. The summed E-state index contributed by atoms with van der Waals surface area (Å²) in [6.07, 6.45) is 1.93. The van der Waals surface area contributed by atoms with Gasteiger partial charge < -0.3 is 5.32 Å². The van der Waals surface area contributed by atoms with E-state index in [-0.39, 0.29) is 29.5 Å². The molecule has 0 spiro atoms. The van der Waals surface area contributed by atoms with Crippen molar-refractivity contribution in [2.24, 2.45) is 0 Å². The molecule has 0 aromatic carbocycles. The van der Waals surface area contributed by atoms with Gasteiger partial charge in [-0.15, -0.1) is 0 Å². The van der Waals surface area contributed by atoms with Crippen molar-refractivity contribution in [2.45, 2.75) is 18.9 Å². The number of imide groups is 1. The fourth-order valence-electron chi connectivity index (χ4n) is 1.65. The summed E-state index contributed by atoms with van der Waals surface area (Å²) in [5.41, 5.74) is 0.167. The van der Waals surface area contributed by atoms with E-state index in [1.807, 2.05) is 0 Å². The quantitative estimate of drug-likeness (QED) is 0.618. The van der Waals surface area contributed by atoms with E-state index in [2.05, 4.69) is 31.5 Å². The average molecular weight is 347 g/mol. The molecule has 19 heavy (non-hydrogen) atoms. The van der Waals surface area contributed by atoms with E-state index in [1.165, 1.54) is 12.3 Å². The van der Waals surface area contributed by atoms with Gasteiger partial charge in [-0.05, 0) is 28.4 Å². The molecule has 1 aliphatic rings. The minimum Gasteiger partial charge on any atom is -0.340 e. The second-order valence-electron chi connectivity index (χ2n) is 3.97. The van der Waals surface area contributed by atoms with Gasteiger partial charge >= 0.3 is 0 Å². The Morgan fingerprint density at radius 3 is 2.95 bits per heavy atom. The summed E-state index contributed by atoms with van der Waals surface area (Å²) in [5.74, 6) is -1.35. The van der Waals surface area contributed by atoms with Crippen LogP contribution in [0.15, 0.2) is 16.7 Å². The number of hydrogen-bond donors (Lipinski definition) is 2. The molecule has 1 unspecified atom stereocenters. The third-order valence-corrected chi connectivity index (χ3v) is 3.33. The van der Waals surface area contributed by atoms with Gasteiger partial charge in [0.05, 0.1) is 5.56 Å². The molecule has 0 bridgehead atoms. The zero-order valence-electron chi connectivity index (χ0n) is 9.57. The Hall–Kier alpha value is -1.47. The fourth-order valence-corrected chi connectivity index (χ4v) is 2.17. The molecule has 2 rings (SSSR count). The fraction of sp³-hybridized carbons (Fsp3) is 0.273. The maximum absolute atomic E-state index is 12.0. The van der Waals surface area contributed by atoms with Gasteiger partial charge in [0.25, 0.3) is 5.91 Å². The summed E-state index contributed by atoms with van der Waals surface area (Å²) < 4.78 is 0.602. The lowest BCUT2D eigenvalue weighted by Crippen LogP contribution is -2.52. The van der Waals surface area contributed by atoms with Crippen molar-refractivity contribution in [3.05, 3.63) is 27.5 Å². The highest BCUT2D eigenvalue weighted by Gasteiger charge is 2.28. The molecular weight excluding hydrogens is 337 g/mol. The number of piperidine rings is 1. The molecule has 0 radical (unpaired) electrons. The Morgan fingerprint density at radius 1 is 1.53 bits per heavy atom. The molecule has 0 aliphatic carbocycles. The maximum atomic E-state index is 12.0. The van der Waals surface area contributed by atoms with Crippen LogP contribution in [0, 0.1) is 0 Å². The topological polar surface area (TPSA) is 88.2 Å². The van der Waals surface area contributed by atoms with E-state index in [0.717, 1.165) is 0 Å². The molecule has 1 fully saturated rings. The Balaban J connectivity index is 2.11. The van der Waals surface area contributed by atoms with Crippen LogP contribution in [0.3, 0.4) is 0 Å². The molecule has 100 valence electrons. The largest absolute Gasteiger partial charge is 0.340 e. The van der Waals surface area contributed by atoms with Gasteiger partial charge in [0, 0.05) is 17.1 Å². The number of nitrogens with zero attached hydrogens (tertiary/aromatic N) is 1. The van der Waals surface area contributed by atoms with Crippen molar-refractivity contribution in [1.82, 2.24) is 15.6 Å². The third kappa shape index (κ3) is 3.30. The molecule has 6 nitrogen and oxygen atoms in total. The summed E-state index contributed by atoms with van der Waals surface area (Å²) in [6, 6.07) is 0.775. The zero-order chi connectivity index (χ0) is 14.0. The van der Waals surface area contributed by atoms with Crippen LogP contribution < -0.4 is 10.6 Å². The van der Waals surface area contributed by atoms with Crippen molar-refractivity contribution in [3.63, 3.8) is 0 Å². The number of nitrogens with one attached hydrogen (secondary N) is 2. The van der Waals surface area contributed by atoms with E-state index < -0.39 is 17.9 Å². The first-order valence-electron chi connectivity index (χ1n) is 5.43. The van der Waals surface area contributed by atoms with Gasteiger partial charge in [-0.1, -0.05) is 11.6 Å². The predicted molar refractivity (Wildman–Crippen MR) is 70.6 cm³/mol. The standard InChI is InChI=1S/C11H9BrClN3O3/c12-5-3-6(9(13)14-4-5)10(18)15-7-1-2-8(17)16-11(7)19/h3-4,7H,1-2H2,(H,15,18)(H,16,17,19). The van der Waals surface area contributed by atoms with Crippen LogP contribution in [0.4, 0.5) is 0 Å². The Morgan fingerprint density at radius 2 is 2.26 bits per heavy atom. The molecule has 2 N–H and O–H groups in total. The van der Waals surface area contributed by atoms with E-state index in [0.29, 0.717) is 4.47 Å². The monoisotopic (exact) mass is 345 g/mol. The molecule has 1 atom stereocenters. The SMILES string of the molecule is O=C1CCC(NC(=O)c2cc(Br)cnc2Cl)C(=O)N1.